The quantitative estimate of drug-likeness (QED) is 0.141. The van der Waals surface area contributed by atoms with E-state index in [2.05, 4.69) is 34.8 Å². The Morgan fingerprint density at radius 2 is 1.67 bits per heavy atom. The molecule has 2 saturated carbocycles. The van der Waals surface area contributed by atoms with Gasteiger partial charge in [0.1, 0.15) is 22.7 Å². The minimum absolute atomic E-state index is 0.00410. The maximum absolute atomic E-state index is 14.8. The van der Waals surface area contributed by atoms with Gasteiger partial charge < -0.3 is 29.4 Å². The second-order valence-electron chi connectivity index (χ2n) is 15.7. The first kappa shape index (κ1) is 35.9. The van der Waals surface area contributed by atoms with Crippen LogP contribution in [0, 0.1) is 18.7 Å². The molecule has 2 heterocycles. The van der Waals surface area contributed by atoms with E-state index in [0.717, 1.165) is 61.3 Å². The van der Waals surface area contributed by atoms with Crippen LogP contribution in [-0.2, 0) is 16.0 Å². The Bertz CT molecular complexity index is 1600. The van der Waals surface area contributed by atoms with Crippen LogP contribution >= 0.6 is 0 Å². The van der Waals surface area contributed by atoms with Crippen molar-refractivity contribution < 1.29 is 28.2 Å². The van der Waals surface area contributed by atoms with E-state index in [1.807, 2.05) is 33.8 Å². The predicted molar refractivity (Wildman–Crippen MR) is 190 cm³/mol. The average molecular weight is 681 g/mol. The molecule has 48 heavy (non-hydrogen) atoms. The highest BCUT2D eigenvalue weighted by Gasteiger charge is 2.30. The fourth-order valence-electron chi connectivity index (χ4n) is 6.23. The SMILES string of the molecule is Cc1c(C(=O)NC2CCC(NC(=O)OC(C)(C)C)CC2)c2nccc(-c3cc(F)ccc3OCC3CC3)c2n1CCOCC[Si](C)(C)C. The number of carbonyl (C=O) groups excluding carboxylic acids is 2. The molecule has 9 nitrogen and oxygen atoms in total. The summed E-state index contributed by atoms with van der Waals surface area (Å²) in [6.45, 7) is 16.8. The number of benzene rings is 1. The van der Waals surface area contributed by atoms with Crippen molar-refractivity contribution in [1.29, 1.82) is 0 Å². The molecule has 3 aromatic rings. The van der Waals surface area contributed by atoms with Gasteiger partial charge in [-0.1, -0.05) is 19.6 Å². The standard InChI is InChI=1S/C37H53FN4O5Si/c1-24-32(35(43)40-27-11-13-28(14-12-27)41-36(44)47-37(2,3)4)33-34(42(24)18-19-45-20-21-48(5,6)7)29(16-17-39-33)30-22-26(38)10-15-31(30)46-23-25-8-9-25/h10,15-17,22,25,27-28H,8-9,11-14,18-21,23H2,1-7H3,(H,40,43)(H,41,44). The zero-order valence-corrected chi connectivity index (χ0v) is 30.7. The Kier molecular flexibility index (Phi) is 11.2. The lowest BCUT2D eigenvalue weighted by molar-refractivity contribution is 0.0488. The summed E-state index contributed by atoms with van der Waals surface area (Å²) >= 11 is 0. The largest absolute Gasteiger partial charge is 0.493 e. The van der Waals surface area contributed by atoms with Gasteiger partial charge in [0.05, 0.1) is 24.3 Å². The molecule has 2 aliphatic carbocycles. The number of alkyl carbamates (subject to hydrolysis) is 1. The van der Waals surface area contributed by atoms with Gasteiger partial charge >= 0.3 is 6.09 Å². The molecule has 11 heteroatoms. The minimum atomic E-state index is -1.24. The van der Waals surface area contributed by atoms with Gasteiger partial charge in [-0.05, 0) is 102 Å². The van der Waals surface area contributed by atoms with E-state index in [9.17, 15) is 14.0 Å². The van der Waals surface area contributed by atoms with Crippen molar-refractivity contribution >= 4 is 31.1 Å². The number of hydrogen-bond donors (Lipinski definition) is 2. The lowest BCUT2D eigenvalue weighted by atomic mass is 9.91. The van der Waals surface area contributed by atoms with Gasteiger partial charge in [-0.25, -0.2) is 9.18 Å². The molecule has 2 aliphatic rings. The number of pyridine rings is 1. The summed E-state index contributed by atoms with van der Waals surface area (Å²) in [5, 5.41) is 6.23. The number of rotatable bonds is 13. The first-order valence-corrected chi connectivity index (χ1v) is 21.2. The van der Waals surface area contributed by atoms with Gasteiger partial charge in [0.2, 0.25) is 0 Å². The Balaban J connectivity index is 1.40. The second-order valence-corrected chi connectivity index (χ2v) is 21.3. The third kappa shape index (κ3) is 9.59. The van der Waals surface area contributed by atoms with Gasteiger partial charge in [0.25, 0.3) is 5.91 Å². The molecule has 262 valence electrons. The minimum Gasteiger partial charge on any atom is -0.493 e. The van der Waals surface area contributed by atoms with Crippen LogP contribution in [0.25, 0.3) is 22.2 Å². The number of ether oxygens (including phenoxy) is 3. The fraction of sp³-hybridized carbons (Fsp3) is 0.595. The van der Waals surface area contributed by atoms with Gasteiger partial charge in [0.15, 0.2) is 0 Å². The first-order valence-electron chi connectivity index (χ1n) is 17.5. The number of aromatic nitrogens is 2. The summed E-state index contributed by atoms with van der Waals surface area (Å²) in [6.07, 6.45) is 6.52. The third-order valence-corrected chi connectivity index (χ3v) is 10.8. The van der Waals surface area contributed by atoms with Gasteiger partial charge in [-0.2, -0.15) is 0 Å². The van der Waals surface area contributed by atoms with Gasteiger partial charge in [-0.3, -0.25) is 9.78 Å². The molecule has 0 aliphatic heterocycles. The zero-order chi connectivity index (χ0) is 34.6. The van der Waals surface area contributed by atoms with E-state index in [4.69, 9.17) is 19.2 Å². The molecule has 5 rings (SSSR count). The summed E-state index contributed by atoms with van der Waals surface area (Å²) in [6, 6.07) is 7.55. The van der Waals surface area contributed by atoms with Crippen molar-refractivity contribution in [3.05, 3.63) is 47.5 Å². The van der Waals surface area contributed by atoms with E-state index < -0.39 is 19.8 Å². The first-order chi connectivity index (χ1) is 22.7. The highest BCUT2D eigenvalue weighted by atomic mass is 28.3. The lowest BCUT2D eigenvalue weighted by Gasteiger charge is -2.30. The summed E-state index contributed by atoms with van der Waals surface area (Å²) in [4.78, 5) is 31.1. The Labute approximate surface area is 285 Å². The number of fused-ring (bicyclic) bond motifs is 1. The number of hydrogen-bond acceptors (Lipinski definition) is 6. The topological polar surface area (TPSA) is 104 Å². The molecule has 0 unspecified atom stereocenters. The van der Waals surface area contributed by atoms with Crippen LogP contribution in [-0.4, -0.2) is 67.1 Å². The number of nitrogens with zero attached hydrogens (tertiary/aromatic N) is 2. The lowest BCUT2D eigenvalue weighted by Crippen LogP contribution is -2.45. The van der Waals surface area contributed by atoms with Crippen LogP contribution in [0.4, 0.5) is 9.18 Å². The summed E-state index contributed by atoms with van der Waals surface area (Å²) in [7, 11) is -1.24. The van der Waals surface area contributed by atoms with Crippen molar-refractivity contribution in [2.75, 3.05) is 19.8 Å². The van der Waals surface area contributed by atoms with E-state index in [-0.39, 0.29) is 23.8 Å². The van der Waals surface area contributed by atoms with E-state index >= 15 is 0 Å². The van der Waals surface area contributed by atoms with Crippen molar-refractivity contribution in [3.63, 3.8) is 0 Å². The summed E-state index contributed by atoms with van der Waals surface area (Å²) in [5.74, 6) is 0.620. The smallest absolute Gasteiger partial charge is 0.407 e. The zero-order valence-electron chi connectivity index (χ0n) is 29.7. The van der Waals surface area contributed by atoms with Crippen molar-refractivity contribution in [2.24, 2.45) is 5.92 Å². The van der Waals surface area contributed by atoms with Crippen molar-refractivity contribution in [2.45, 2.75) is 116 Å². The number of carbonyl (C=O) groups is 2. The van der Waals surface area contributed by atoms with Crippen LogP contribution in [0.15, 0.2) is 30.5 Å². The molecule has 2 fully saturated rings. The monoisotopic (exact) mass is 680 g/mol. The number of nitrogens with one attached hydrogen (secondary N) is 2. The average Bonchev–Trinajstić information content (AvgIpc) is 3.78. The number of amides is 2. The van der Waals surface area contributed by atoms with E-state index in [1.165, 1.54) is 12.1 Å². The maximum atomic E-state index is 14.8. The van der Waals surface area contributed by atoms with Gasteiger partial charge in [-0.15, -0.1) is 0 Å². The van der Waals surface area contributed by atoms with Crippen LogP contribution < -0.4 is 15.4 Å². The number of halogens is 1. The van der Waals surface area contributed by atoms with E-state index in [1.54, 1.807) is 12.3 Å². The molecular weight excluding hydrogens is 628 g/mol. The fourth-order valence-corrected chi connectivity index (χ4v) is 6.99. The van der Waals surface area contributed by atoms with Crippen LogP contribution in [0.1, 0.15) is 75.3 Å². The summed E-state index contributed by atoms with van der Waals surface area (Å²) < 4.78 is 34.6. The van der Waals surface area contributed by atoms with Crippen LogP contribution in [0.5, 0.6) is 5.75 Å². The second kappa shape index (κ2) is 15.0. The van der Waals surface area contributed by atoms with Crippen LogP contribution in [0.2, 0.25) is 25.7 Å². The molecule has 0 saturated heterocycles. The molecule has 2 aromatic heterocycles. The molecule has 2 N–H and O–H groups in total. The Hall–Kier alpha value is -3.44. The third-order valence-electron chi connectivity index (χ3n) is 9.07. The van der Waals surface area contributed by atoms with Crippen molar-refractivity contribution in [3.8, 4) is 16.9 Å². The van der Waals surface area contributed by atoms with Crippen molar-refractivity contribution in [1.82, 2.24) is 20.2 Å². The molecular formula is C37H53FN4O5Si. The summed E-state index contributed by atoms with van der Waals surface area (Å²) in [5.41, 5.74) is 3.49. The van der Waals surface area contributed by atoms with Gasteiger partial charge in [0, 0.05) is 56.3 Å². The maximum Gasteiger partial charge on any atom is 0.407 e. The molecule has 0 bridgehead atoms. The molecule has 2 amide bonds. The predicted octanol–water partition coefficient (Wildman–Crippen LogP) is 7.86. The molecule has 1 aromatic carbocycles. The Morgan fingerprint density at radius 1 is 0.979 bits per heavy atom. The Morgan fingerprint density at radius 3 is 2.31 bits per heavy atom. The molecule has 0 radical (unpaired) electrons. The highest BCUT2D eigenvalue weighted by Crippen LogP contribution is 2.39. The normalized spacial score (nSPS) is 18.5. The molecule has 0 atom stereocenters. The molecule has 0 spiro atoms. The highest BCUT2D eigenvalue weighted by molar-refractivity contribution is 6.76. The van der Waals surface area contributed by atoms with Crippen LogP contribution in [0.3, 0.4) is 0 Å². The van der Waals surface area contributed by atoms with E-state index in [0.29, 0.717) is 54.7 Å².